The summed E-state index contributed by atoms with van der Waals surface area (Å²) < 4.78 is 5.26. The molecule has 0 spiro atoms. The highest BCUT2D eigenvalue weighted by Crippen LogP contribution is 2.15. The number of ether oxygens (including phenoxy) is 1. The van der Waals surface area contributed by atoms with E-state index in [1.807, 2.05) is 0 Å². The number of hydrogen-bond donors (Lipinski definition) is 1. The third-order valence-corrected chi connectivity index (χ3v) is 3.43. The van der Waals surface area contributed by atoms with Gasteiger partial charge in [-0.15, -0.1) is 0 Å². The van der Waals surface area contributed by atoms with Crippen molar-refractivity contribution in [2.24, 2.45) is 5.92 Å². The van der Waals surface area contributed by atoms with Crippen molar-refractivity contribution in [1.82, 2.24) is 10.2 Å². The molecule has 0 aromatic carbocycles. The molecule has 1 aliphatic heterocycles. The molecule has 0 aromatic rings. The Morgan fingerprint density at radius 3 is 2.62 bits per heavy atom. The SMILES string of the molecule is COCC(C)N1CC(CC(C)C)NCC1C. The topological polar surface area (TPSA) is 24.5 Å². The Kier molecular flexibility index (Phi) is 5.73. The number of nitrogens with one attached hydrogen (secondary N) is 1. The average Bonchev–Trinajstić information content (AvgIpc) is 2.20. The van der Waals surface area contributed by atoms with Crippen molar-refractivity contribution in [3.8, 4) is 0 Å². The summed E-state index contributed by atoms with van der Waals surface area (Å²) in [6.07, 6.45) is 1.27. The van der Waals surface area contributed by atoms with Crippen molar-refractivity contribution < 1.29 is 4.74 Å². The lowest BCUT2D eigenvalue weighted by Gasteiger charge is -2.42. The molecule has 0 aromatic heterocycles. The number of rotatable bonds is 5. The van der Waals surface area contributed by atoms with Gasteiger partial charge in [0.2, 0.25) is 0 Å². The Labute approximate surface area is 101 Å². The van der Waals surface area contributed by atoms with Crippen molar-refractivity contribution in [3.05, 3.63) is 0 Å². The second-order valence-corrected chi connectivity index (χ2v) is 5.58. The summed E-state index contributed by atoms with van der Waals surface area (Å²) in [6.45, 7) is 12.2. The molecule has 16 heavy (non-hydrogen) atoms. The molecule has 0 amide bonds. The van der Waals surface area contributed by atoms with Gasteiger partial charge >= 0.3 is 0 Å². The van der Waals surface area contributed by atoms with Crippen LogP contribution in [0.4, 0.5) is 0 Å². The molecule has 1 fully saturated rings. The van der Waals surface area contributed by atoms with Gasteiger partial charge in [-0.3, -0.25) is 4.90 Å². The zero-order valence-electron chi connectivity index (χ0n) is 11.5. The van der Waals surface area contributed by atoms with Gasteiger partial charge in [0.05, 0.1) is 6.61 Å². The molecular formula is C13H28N2O. The van der Waals surface area contributed by atoms with Crippen LogP contribution < -0.4 is 5.32 Å². The first kappa shape index (κ1) is 13.9. The lowest BCUT2D eigenvalue weighted by molar-refractivity contribution is 0.0445. The maximum Gasteiger partial charge on any atom is 0.0615 e. The number of hydrogen-bond acceptors (Lipinski definition) is 3. The molecule has 3 unspecified atom stereocenters. The number of methoxy groups -OCH3 is 1. The first-order valence-electron chi connectivity index (χ1n) is 6.52. The van der Waals surface area contributed by atoms with Crippen molar-refractivity contribution in [2.75, 3.05) is 26.8 Å². The van der Waals surface area contributed by atoms with Crippen molar-refractivity contribution in [1.29, 1.82) is 0 Å². The van der Waals surface area contributed by atoms with Gasteiger partial charge in [0.1, 0.15) is 0 Å². The summed E-state index contributed by atoms with van der Waals surface area (Å²) in [5.74, 6) is 0.769. The Bertz CT molecular complexity index is 196. The predicted molar refractivity (Wildman–Crippen MR) is 68.8 cm³/mol. The van der Waals surface area contributed by atoms with E-state index in [1.165, 1.54) is 6.42 Å². The fourth-order valence-electron chi connectivity index (χ4n) is 2.63. The molecule has 0 radical (unpaired) electrons. The van der Waals surface area contributed by atoms with Gasteiger partial charge in [0, 0.05) is 38.3 Å². The van der Waals surface area contributed by atoms with Crippen molar-refractivity contribution in [2.45, 2.75) is 52.2 Å². The van der Waals surface area contributed by atoms with Crippen LogP contribution in [-0.2, 0) is 4.74 Å². The first-order chi connectivity index (χ1) is 7.54. The van der Waals surface area contributed by atoms with Crippen LogP contribution in [0, 0.1) is 5.92 Å². The summed E-state index contributed by atoms with van der Waals surface area (Å²) in [5, 5.41) is 3.64. The van der Waals surface area contributed by atoms with Crippen LogP contribution >= 0.6 is 0 Å². The van der Waals surface area contributed by atoms with E-state index in [9.17, 15) is 0 Å². The van der Waals surface area contributed by atoms with Gasteiger partial charge in [0.15, 0.2) is 0 Å². The normalized spacial score (nSPS) is 29.6. The molecule has 1 rings (SSSR count). The minimum atomic E-state index is 0.525. The highest BCUT2D eigenvalue weighted by Gasteiger charge is 2.28. The predicted octanol–water partition coefficient (Wildman–Crippen LogP) is 1.73. The van der Waals surface area contributed by atoms with Gasteiger partial charge in [-0.05, 0) is 26.2 Å². The highest BCUT2D eigenvalue weighted by atomic mass is 16.5. The molecule has 0 bridgehead atoms. The number of nitrogens with zero attached hydrogens (tertiary/aromatic N) is 1. The summed E-state index contributed by atoms with van der Waals surface area (Å²) in [5.41, 5.74) is 0. The zero-order valence-corrected chi connectivity index (χ0v) is 11.5. The molecule has 0 aliphatic carbocycles. The summed E-state index contributed by atoms with van der Waals surface area (Å²) in [7, 11) is 1.79. The second kappa shape index (κ2) is 6.58. The molecule has 1 aliphatic rings. The Hall–Kier alpha value is -0.120. The maximum atomic E-state index is 5.26. The first-order valence-corrected chi connectivity index (χ1v) is 6.52. The minimum Gasteiger partial charge on any atom is -0.383 e. The van der Waals surface area contributed by atoms with Crippen LogP contribution in [0.25, 0.3) is 0 Å². The maximum absolute atomic E-state index is 5.26. The Morgan fingerprint density at radius 1 is 1.38 bits per heavy atom. The molecule has 3 heteroatoms. The fraction of sp³-hybridized carbons (Fsp3) is 1.00. The van der Waals surface area contributed by atoms with E-state index in [0.717, 1.165) is 25.6 Å². The van der Waals surface area contributed by atoms with Gasteiger partial charge < -0.3 is 10.1 Å². The van der Waals surface area contributed by atoms with Crippen LogP contribution in [0.3, 0.4) is 0 Å². The molecule has 96 valence electrons. The van der Waals surface area contributed by atoms with Gasteiger partial charge in [-0.25, -0.2) is 0 Å². The Balaban J connectivity index is 2.47. The van der Waals surface area contributed by atoms with Crippen molar-refractivity contribution in [3.63, 3.8) is 0 Å². The summed E-state index contributed by atoms with van der Waals surface area (Å²) in [6, 6.07) is 1.79. The van der Waals surface area contributed by atoms with E-state index < -0.39 is 0 Å². The second-order valence-electron chi connectivity index (χ2n) is 5.58. The molecule has 3 atom stereocenters. The van der Waals surface area contributed by atoms with Crippen LogP contribution in [0.5, 0.6) is 0 Å². The largest absolute Gasteiger partial charge is 0.383 e. The van der Waals surface area contributed by atoms with Gasteiger partial charge in [0.25, 0.3) is 0 Å². The molecule has 1 heterocycles. The van der Waals surface area contributed by atoms with Gasteiger partial charge in [-0.2, -0.15) is 0 Å². The van der Waals surface area contributed by atoms with E-state index in [0.29, 0.717) is 18.1 Å². The fourth-order valence-corrected chi connectivity index (χ4v) is 2.63. The standard InChI is InChI=1S/C13H28N2O/c1-10(2)6-13-8-15(11(3)7-14-13)12(4)9-16-5/h10-14H,6-9H2,1-5H3. The summed E-state index contributed by atoms with van der Waals surface area (Å²) in [4.78, 5) is 2.58. The van der Waals surface area contributed by atoms with Gasteiger partial charge in [-0.1, -0.05) is 13.8 Å². The van der Waals surface area contributed by atoms with E-state index in [4.69, 9.17) is 4.74 Å². The van der Waals surface area contributed by atoms with E-state index in [1.54, 1.807) is 7.11 Å². The van der Waals surface area contributed by atoms with Crippen LogP contribution in [0.2, 0.25) is 0 Å². The molecule has 3 nitrogen and oxygen atoms in total. The lowest BCUT2D eigenvalue weighted by Crippen LogP contribution is -2.58. The Morgan fingerprint density at radius 2 is 2.06 bits per heavy atom. The highest BCUT2D eigenvalue weighted by molar-refractivity contribution is 4.86. The third-order valence-electron chi connectivity index (χ3n) is 3.43. The monoisotopic (exact) mass is 228 g/mol. The van der Waals surface area contributed by atoms with E-state index in [-0.39, 0.29) is 0 Å². The number of piperazine rings is 1. The third kappa shape index (κ3) is 4.04. The summed E-state index contributed by atoms with van der Waals surface area (Å²) >= 11 is 0. The zero-order chi connectivity index (χ0) is 12.1. The smallest absolute Gasteiger partial charge is 0.0615 e. The van der Waals surface area contributed by atoms with E-state index in [2.05, 4.69) is 37.9 Å². The minimum absolute atomic E-state index is 0.525. The molecular weight excluding hydrogens is 200 g/mol. The molecule has 1 saturated heterocycles. The average molecular weight is 228 g/mol. The van der Waals surface area contributed by atoms with Crippen LogP contribution in [0.15, 0.2) is 0 Å². The van der Waals surface area contributed by atoms with Crippen molar-refractivity contribution >= 4 is 0 Å². The molecule has 0 saturated carbocycles. The lowest BCUT2D eigenvalue weighted by atomic mass is 9.99. The molecule has 1 N–H and O–H groups in total. The van der Waals surface area contributed by atoms with Crippen LogP contribution in [0.1, 0.15) is 34.1 Å². The quantitative estimate of drug-likeness (QED) is 0.775. The van der Waals surface area contributed by atoms with E-state index >= 15 is 0 Å². The van der Waals surface area contributed by atoms with Crippen LogP contribution in [-0.4, -0.2) is 49.8 Å².